The van der Waals surface area contributed by atoms with E-state index in [0.717, 1.165) is 12.1 Å². The number of rotatable bonds is 1. The molecule has 0 aromatic heterocycles. The highest BCUT2D eigenvalue weighted by molar-refractivity contribution is 6.01. The highest BCUT2D eigenvalue weighted by Gasteiger charge is 2.44. The molecule has 9 heteroatoms. The Morgan fingerprint density at radius 1 is 1.42 bits per heavy atom. The molecular formula is C10H8F3N3O3. The lowest BCUT2D eigenvalue weighted by Gasteiger charge is -2.30. The van der Waals surface area contributed by atoms with Crippen LogP contribution < -0.4 is 10.2 Å². The Balaban J connectivity index is 2.45. The van der Waals surface area contributed by atoms with E-state index in [2.05, 4.69) is 5.32 Å². The Kier molecular flexibility index (Phi) is 3.05. The monoisotopic (exact) mass is 275 g/mol. The number of carbonyl (C=O) groups excluding carboxylic acids is 1. The van der Waals surface area contributed by atoms with Gasteiger partial charge in [0, 0.05) is 25.2 Å². The molecule has 0 bridgehead atoms. The highest BCUT2D eigenvalue weighted by Crippen LogP contribution is 2.34. The number of anilines is 2. The molecular weight excluding hydrogens is 267 g/mol. The molecule has 0 unspecified atom stereocenters. The smallest absolute Gasteiger partial charge is 0.382 e. The van der Waals surface area contributed by atoms with Crippen molar-refractivity contribution in [3.8, 4) is 0 Å². The zero-order valence-electron chi connectivity index (χ0n) is 9.40. The molecule has 1 aromatic rings. The molecule has 1 heterocycles. The molecule has 2 rings (SSSR count). The summed E-state index contributed by atoms with van der Waals surface area (Å²) in [6.07, 6.45) is -5.01. The topological polar surface area (TPSA) is 75.5 Å². The Morgan fingerprint density at radius 2 is 2.11 bits per heavy atom. The Bertz CT molecular complexity index is 545. The van der Waals surface area contributed by atoms with E-state index in [1.54, 1.807) is 0 Å². The number of non-ortho nitro benzene ring substituents is 1. The average Bonchev–Trinajstić information content (AvgIpc) is 2.35. The normalized spacial score (nSPS) is 14.6. The van der Waals surface area contributed by atoms with Gasteiger partial charge in [-0.2, -0.15) is 13.2 Å². The predicted octanol–water partition coefficient (Wildman–Crippen LogP) is 1.92. The fourth-order valence-corrected chi connectivity index (χ4v) is 1.79. The standard InChI is InChI=1S/C10H8F3N3O3/c11-10(12,13)9(17)15-4-3-14-7-2-1-6(16(18)19)5-8(7)15/h1-2,5,14H,3-4H2. The molecule has 1 aliphatic heterocycles. The number of fused-ring (bicyclic) bond motifs is 1. The van der Waals surface area contributed by atoms with Crippen molar-refractivity contribution in [3.05, 3.63) is 28.3 Å². The first kappa shape index (κ1) is 13.1. The summed E-state index contributed by atoms with van der Waals surface area (Å²) >= 11 is 0. The van der Waals surface area contributed by atoms with E-state index in [1.807, 2.05) is 0 Å². The van der Waals surface area contributed by atoms with Crippen molar-refractivity contribution in [2.45, 2.75) is 6.18 Å². The number of benzene rings is 1. The van der Waals surface area contributed by atoms with E-state index in [9.17, 15) is 28.1 Å². The number of nitrogens with one attached hydrogen (secondary N) is 1. The van der Waals surface area contributed by atoms with Crippen molar-refractivity contribution in [1.82, 2.24) is 0 Å². The van der Waals surface area contributed by atoms with Crippen LogP contribution in [0.15, 0.2) is 18.2 Å². The van der Waals surface area contributed by atoms with Gasteiger partial charge in [0.2, 0.25) is 0 Å². The average molecular weight is 275 g/mol. The summed E-state index contributed by atoms with van der Waals surface area (Å²) < 4.78 is 37.3. The van der Waals surface area contributed by atoms with Crippen LogP contribution in [0.3, 0.4) is 0 Å². The van der Waals surface area contributed by atoms with Gasteiger partial charge in [-0.25, -0.2) is 0 Å². The lowest BCUT2D eigenvalue weighted by molar-refractivity contribution is -0.384. The minimum absolute atomic E-state index is 0.136. The van der Waals surface area contributed by atoms with Gasteiger partial charge in [-0.15, -0.1) is 0 Å². The van der Waals surface area contributed by atoms with Crippen LogP contribution in [-0.4, -0.2) is 30.1 Å². The maximum absolute atomic E-state index is 12.4. The van der Waals surface area contributed by atoms with Crippen LogP contribution in [0.1, 0.15) is 0 Å². The number of nitrogens with zero attached hydrogens (tertiary/aromatic N) is 2. The van der Waals surface area contributed by atoms with Crippen molar-refractivity contribution in [2.24, 2.45) is 0 Å². The predicted molar refractivity (Wildman–Crippen MR) is 60.0 cm³/mol. The van der Waals surface area contributed by atoms with Gasteiger partial charge < -0.3 is 10.2 Å². The Morgan fingerprint density at radius 3 is 2.68 bits per heavy atom. The van der Waals surface area contributed by atoms with Gasteiger partial charge in [0.1, 0.15) is 0 Å². The molecule has 0 spiro atoms. The van der Waals surface area contributed by atoms with E-state index in [0.29, 0.717) is 4.90 Å². The van der Waals surface area contributed by atoms with Gasteiger partial charge in [0.05, 0.1) is 16.3 Å². The first-order valence-electron chi connectivity index (χ1n) is 5.21. The second-order valence-corrected chi connectivity index (χ2v) is 3.84. The molecule has 0 radical (unpaired) electrons. The minimum Gasteiger partial charge on any atom is -0.382 e. The fraction of sp³-hybridized carbons (Fsp3) is 0.300. The molecule has 102 valence electrons. The van der Waals surface area contributed by atoms with Gasteiger partial charge in [-0.3, -0.25) is 14.9 Å². The number of carbonyl (C=O) groups is 1. The van der Waals surface area contributed by atoms with Gasteiger partial charge in [0.25, 0.3) is 5.69 Å². The zero-order chi connectivity index (χ0) is 14.2. The summed E-state index contributed by atoms with van der Waals surface area (Å²) in [5, 5.41) is 13.4. The number of hydrogen-bond acceptors (Lipinski definition) is 4. The second kappa shape index (κ2) is 4.41. The third-order valence-electron chi connectivity index (χ3n) is 2.62. The van der Waals surface area contributed by atoms with Crippen molar-refractivity contribution in [1.29, 1.82) is 0 Å². The first-order valence-corrected chi connectivity index (χ1v) is 5.21. The molecule has 0 saturated carbocycles. The van der Waals surface area contributed by atoms with Crippen LogP contribution in [0.4, 0.5) is 30.2 Å². The summed E-state index contributed by atoms with van der Waals surface area (Å²) in [6.45, 7) is -0.0564. The molecule has 0 aliphatic carbocycles. The molecule has 1 aromatic carbocycles. The minimum atomic E-state index is -5.01. The van der Waals surface area contributed by atoms with Crippen molar-refractivity contribution >= 4 is 23.0 Å². The van der Waals surface area contributed by atoms with Gasteiger partial charge in [0.15, 0.2) is 0 Å². The number of nitro groups is 1. The van der Waals surface area contributed by atoms with Gasteiger partial charge >= 0.3 is 12.1 Å². The number of alkyl halides is 3. The summed E-state index contributed by atoms with van der Waals surface area (Å²) in [5.41, 5.74) is -0.250. The molecule has 1 amide bonds. The molecule has 0 atom stereocenters. The summed E-state index contributed by atoms with van der Waals surface area (Å²) in [7, 11) is 0. The third-order valence-corrected chi connectivity index (χ3v) is 2.62. The summed E-state index contributed by atoms with van der Waals surface area (Å²) in [4.78, 5) is 21.7. The van der Waals surface area contributed by atoms with Crippen LogP contribution in [0.2, 0.25) is 0 Å². The molecule has 6 nitrogen and oxygen atoms in total. The van der Waals surface area contributed by atoms with Crippen LogP contribution in [0.5, 0.6) is 0 Å². The van der Waals surface area contributed by atoms with Gasteiger partial charge in [-0.1, -0.05) is 0 Å². The first-order chi connectivity index (χ1) is 8.80. The SMILES string of the molecule is O=C(N1CCNc2ccc([N+](=O)[O-])cc21)C(F)(F)F. The number of nitro benzene ring substituents is 1. The maximum Gasteiger partial charge on any atom is 0.471 e. The van der Waals surface area contributed by atoms with E-state index in [4.69, 9.17) is 0 Å². The van der Waals surface area contributed by atoms with Crippen molar-refractivity contribution in [3.63, 3.8) is 0 Å². The third kappa shape index (κ3) is 2.44. The fourth-order valence-electron chi connectivity index (χ4n) is 1.79. The summed E-state index contributed by atoms with van der Waals surface area (Å²) in [6, 6.07) is 3.39. The Hall–Kier alpha value is -2.32. The van der Waals surface area contributed by atoms with E-state index >= 15 is 0 Å². The second-order valence-electron chi connectivity index (χ2n) is 3.84. The molecule has 1 aliphatic rings. The molecule has 1 N–H and O–H groups in total. The summed E-state index contributed by atoms with van der Waals surface area (Å²) in [5.74, 6) is -2.03. The van der Waals surface area contributed by atoms with E-state index in [-0.39, 0.29) is 30.2 Å². The highest BCUT2D eigenvalue weighted by atomic mass is 19.4. The van der Waals surface area contributed by atoms with Crippen molar-refractivity contribution < 1.29 is 22.9 Å². The quantitative estimate of drug-likeness (QED) is 0.627. The van der Waals surface area contributed by atoms with Crippen LogP contribution in [0.25, 0.3) is 0 Å². The van der Waals surface area contributed by atoms with Gasteiger partial charge in [-0.05, 0) is 6.07 Å². The maximum atomic E-state index is 12.4. The van der Waals surface area contributed by atoms with Crippen LogP contribution in [0, 0.1) is 10.1 Å². The Labute approximate surface area is 105 Å². The molecule has 19 heavy (non-hydrogen) atoms. The number of amides is 1. The van der Waals surface area contributed by atoms with Crippen LogP contribution >= 0.6 is 0 Å². The van der Waals surface area contributed by atoms with E-state index in [1.165, 1.54) is 6.07 Å². The lowest BCUT2D eigenvalue weighted by Crippen LogP contribution is -2.45. The number of hydrogen-bond donors (Lipinski definition) is 1. The zero-order valence-corrected chi connectivity index (χ0v) is 9.40. The lowest BCUT2D eigenvalue weighted by atomic mass is 10.1. The largest absolute Gasteiger partial charge is 0.471 e. The molecule has 0 fully saturated rings. The van der Waals surface area contributed by atoms with Crippen molar-refractivity contribution in [2.75, 3.05) is 23.3 Å². The number of halogens is 3. The van der Waals surface area contributed by atoms with E-state index < -0.39 is 17.0 Å². The molecule has 0 saturated heterocycles. The van der Waals surface area contributed by atoms with Crippen LogP contribution in [-0.2, 0) is 4.79 Å².